The van der Waals surface area contributed by atoms with Crippen LogP contribution < -0.4 is 4.90 Å². The number of hydrogen-bond donors (Lipinski definition) is 0. The summed E-state index contributed by atoms with van der Waals surface area (Å²) in [6.45, 7) is 2.44. The van der Waals surface area contributed by atoms with Crippen molar-refractivity contribution in [2.75, 3.05) is 25.0 Å². The van der Waals surface area contributed by atoms with Gasteiger partial charge in [0.25, 0.3) is 0 Å². The Morgan fingerprint density at radius 3 is 2.64 bits per heavy atom. The lowest BCUT2D eigenvalue weighted by Crippen LogP contribution is -2.35. The van der Waals surface area contributed by atoms with E-state index in [0.717, 1.165) is 44.0 Å². The first-order chi connectivity index (χ1) is 11.8. The Kier molecular flexibility index (Phi) is 5.15. The molecule has 0 amide bonds. The Morgan fingerprint density at radius 2 is 1.96 bits per heavy atom. The summed E-state index contributed by atoms with van der Waals surface area (Å²) in [5, 5.41) is 0.701. The van der Waals surface area contributed by atoms with E-state index in [1.807, 2.05) is 24.3 Å². The Balaban J connectivity index is 1.64. The number of halogens is 4. The average molecular weight is 371 g/mol. The van der Waals surface area contributed by atoms with Crippen LogP contribution in [0.25, 0.3) is 0 Å². The zero-order valence-electron chi connectivity index (χ0n) is 13.7. The smallest absolute Gasteiger partial charge is 0.355 e. The molecule has 1 atom stereocenters. The molecule has 2 heterocycles. The number of likely N-dealkylation sites (tertiary alicyclic amines) is 1. The molecular weight excluding hydrogens is 353 g/mol. The topological polar surface area (TPSA) is 32.3 Å². The zero-order valence-corrected chi connectivity index (χ0v) is 14.4. The first-order valence-electron chi connectivity index (χ1n) is 7.92. The molecule has 134 valence electrons. The molecule has 2 aromatic rings. The molecule has 1 aromatic heterocycles. The van der Waals surface area contributed by atoms with Crippen molar-refractivity contribution in [3.63, 3.8) is 0 Å². The van der Waals surface area contributed by atoms with Crippen LogP contribution in [0.5, 0.6) is 0 Å². The Morgan fingerprint density at radius 1 is 1.24 bits per heavy atom. The Bertz CT molecular complexity index is 721. The molecule has 25 heavy (non-hydrogen) atoms. The SMILES string of the molecule is CN(c1cc(C(F)(F)F)ncn1)C1CCN(Cc2ccc(Cl)cc2)C1. The lowest BCUT2D eigenvalue weighted by atomic mass is 10.2. The molecule has 1 aliphatic rings. The van der Waals surface area contributed by atoms with Crippen molar-refractivity contribution in [1.82, 2.24) is 14.9 Å². The minimum Gasteiger partial charge on any atom is -0.355 e. The van der Waals surface area contributed by atoms with Gasteiger partial charge >= 0.3 is 6.18 Å². The van der Waals surface area contributed by atoms with Gasteiger partial charge in [0, 0.05) is 43.8 Å². The monoisotopic (exact) mass is 370 g/mol. The summed E-state index contributed by atoms with van der Waals surface area (Å²) in [7, 11) is 1.78. The third-order valence-electron chi connectivity index (χ3n) is 4.42. The van der Waals surface area contributed by atoms with Crippen molar-refractivity contribution in [3.05, 3.63) is 52.9 Å². The number of rotatable bonds is 4. The summed E-state index contributed by atoms with van der Waals surface area (Å²) in [6.07, 6.45) is -2.63. The fourth-order valence-corrected chi connectivity index (χ4v) is 3.13. The molecule has 0 saturated carbocycles. The van der Waals surface area contributed by atoms with Crippen LogP contribution in [0.2, 0.25) is 5.02 Å². The van der Waals surface area contributed by atoms with Gasteiger partial charge < -0.3 is 4.90 Å². The van der Waals surface area contributed by atoms with Gasteiger partial charge in [-0.2, -0.15) is 13.2 Å². The van der Waals surface area contributed by atoms with E-state index in [-0.39, 0.29) is 6.04 Å². The van der Waals surface area contributed by atoms with Crippen LogP contribution in [0.3, 0.4) is 0 Å². The summed E-state index contributed by atoms with van der Waals surface area (Å²) in [5.74, 6) is 0.292. The molecule has 0 radical (unpaired) electrons. The van der Waals surface area contributed by atoms with Crippen molar-refractivity contribution in [2.24, 2.45) is 0 Å². The summed E-state index contributed by atoms with van der Waals surface area (Å²) in [5.41, 5.74) is 0.245. The van der Waals surface area contributed by atoms with E-state index in [1.165, 1.54) is 0 Å². The van der Waals surface area contributed by atoms with Crippen LogP contribution in [-0.2, 0) is 12.7 Å². The van der Waals surface area contributed by atoms with Crippen LogP contribution in [0, 0.1) is 0 Å². The number of hydrogen-bond acceptors (Lipinski definition) is 4. The number of anilines is 1. The van der Waals surface area contributed by atoms with Gasteiger partial charge in [0.1, 0.15) is 17.8 Å². The maximum Gasteiger partial charge on any atom is 0.433 e. The van der Waals surface area contributed by atoms with Gasteiger partial charge in [-0.05, 0) is 24.1 Å². The molecule has 0 spiro atoms. The molecule has 0 bridgehead atoms. The van der Waals surface area contributed by atoms with E-state index >= 15 is 0 Å². The highest BCUT2D eigenvalue weighted by Crippen LogP contribution is 2.30. The Hall–Kier alpha value is -1.86. The van der Waals surface area contributed by atoms with Gasteiger partial charge in [0.05, 0.1) is 0 Å². The molecule has 8 heteroatoms. The third-order valence-corrected chi connectivity index (χ3v) is 4.67. The maximum absolute atomic E-state index is 12.8. The van der Waals surface area contributed by atoms with E-state index in [4.69, 9.17) is 11.6 Å². The largest absolute Gasteiger partial charge is 0.433 e. The highest BCUT2D eigenvalue weighted by Gasteiger charge is 2.34. The van der Waals surface area contributed by atoms with Crippen molar-refractivity contribution in [2.45, 2.75) is 25.2 Å². The van der Waals surface area contributed by atoms with Crippen LogP contribution in [0.1, 0.15) is 17.7 Å². The van der Waals surface area contributed by atoms with Crippen LogP contribution in [0.4, 0.5) is 19.0 Å². The van der Waals surface area contributed by atoms with Crippen molar-refractivity contribution in [3.8, 4) is 0 Å². The van der Waals surface area contributed by atoms with Gasteiger partial charge in [-0.3, -0.25) is 4.90 Å². The summed E-state index contributed by atoms with van der Waals surface area (Å²) >= 11 is 5.89. The van der Waals surface area contributed by atoms with E-state index in [0.29, 0.717) is 10.8 Å². The number of aromatic nitrogens is 2. The highest BCUT2D eigenvalue weighted by atomic mass is 35.5. The molecule has 1 aromatic carbocycles. The van der Waals surface area contributed by atoms with Gasteiger partial charge in [-0.15, -0.1) is 0 Å². The van der Waals surface area contributed by atoms with E-state index in [2.05, 4.69) is 14.9 Å². The summed E-state index contributed by atoms with van der Waals surface area (Å²) < 4.78 is 38.4. The number of likely N-dealkylation sites (N-methyl/N-ethyl adjacent to an activating group) is 1. The molecule has 0 N–H and O–H groups in total. The molecule has 3 rings (SSSR count). The van der Waals surface area contributed by atoms with Crippen molar-refractivity contribution < 1.29 is 13.2 Å². The second-order valence-electron chi connectivity index (χ2n) is 6.17. The molecule has 1 saturated heterocycles. The molecule has 1 aliphatic heterocycles. The minimum atomic E-state index is -4.46. The van der Waals surface area contributed by atoms with Gasteiger partial charge in [0.2, 0.25) is 0 Å². The van der Waals surface area contributed by atoms with Crippen LogP contribution in [0.15, 0.2) is 36.7 Å². The zero-order chi connectivity index (χ0) is 18.0. The fraction of sp³-hybridized carbons (Fsp3) is 0.412. The van der Waals surface area contributed by atoms with Crippen LogP contribution >= 0.6 is 11.6 Å². The van der Waals surface area contributed by atoms with Gasteiger partial charge in [-0.25, -0.2) is 9.97 Å². The average Bonchev–Trinajstić information content (AvgIpc) is 3.04. The highest BCUT2D eigenvalue weighted by molar-refractivity contribution is 6.30. The van der Waals surface area contributed by atoms with Crippen molar-refractivity contribution in [1.29, 1.82) is 0 Å². The molecule has 1 unspecified atom stereocenters. The molecule has 0 aliphatic carbocycles. The number of nitrogens with zero attached hydrogens (tertiary/aromatic N) is 4. The first-order valence-corrected chi connectivity index (χ1v) is 8.29. The number of benzene rings is 1. The fourth-order valence-electron chi connectivity index (χ4n) is 3.00. The normalized spacial score (nSPS) is 18.5. The van der Waals surface area contributed by atoms with E-state index in [1.54, 1.807) is 11.9 Å². The predicted molar refractivity (Wildman–Crippen MR) is 90.6 cm³/mol. The first kappa shape index (κ1) is 17.9. The van der Waals surface area contributed by atoms with Gasteiger partial charge in [0.15, 0.2) is 0 Å². The van der Waals surface area contributed by atoms with Gasteiger partial charge in [-0.1, -0.05) is 23.7 Å². The number of alkyl halides is 3. The maximum atomic E-state index is 12.8. The second-order valence-corrected chi connectivity index (χ2v) is 6.61. The second kappa shape index (κ2) is 7.17. The Labute approximate surface area is 149 Å². The summed E-state index contributed by atoms with van der Waals surface area (Å²) in [6, 6.07) is 8.80. The van der Waals surface area contributed by atoms with Crippen molar-refractivity contribution >= 4 is 17.4 Å². The minimum absolute atomic E-state index is 0.114. The lowest BCUT2D eigenvalue weighted by Gasteiger charge is -2.26. The molecular formula is C17H18ClF3N4. The quantitative estimate of drug-likeness (QED) is 0.818. The molecule has 1 fully saturated rings. The van der Waals surface area contributed by atoms with Crippen LogP contribution in [-0.4, -0.2) is 41.0 Å². The lowest BCUT2D eigenvalue weighted by molar-refractivity contribution is -0.141. The summed E-state index contributed by atoms with van der Waals surface area (Å²) in [4.78, 5) is 11.4. The predicted octanol–water partition coefficient (Wildman–Crippen LogP) is 3.86. The third kappa shape index (κ3) is 4.41. The van der Waals surface area contributed by atoms with E-state index in [9.17, 15) is 13.2 Å². The van der Waals surface area contributed by atoms with E-state index < -0.39 is 11.9 Å². The standard InChI is InChI=1S/C17H18ClF3N4/c1-24(16-8-15(17(19,20)21)22-11-23-16)14-6-7-25(10-14)9-12-2-4-13(18)5-3-12/h2-5,8,11,14H,6-7,9-10H2,1H3. The molecule has 4 nitrogen and oxygen atoms in total.